The van der Waals surface area contributed by atoms with Crippen LogP contribution in [0.3, 0.4) is 0 Å². The summed E-state index contributed by atoms with van der Waals surface area (Å²) in [5.74, 6) is 0.935. The summed E-state index contributed by atoms with van der Waals surface area (Å²) in [6.07, 6.45) is 7.89. The summed E-state index contributed by atoms with van der Waals surface area (Å²) < 4.78 is 0. The average molecular weight is 245 g/mol. The van der Waals surface area contributed by atoms with Crippen LogP contribution in [-0.2, 0) is 0 Å². The molecule has 0 aromatic carbocycles. The number of rotatable bonds is 5. The first kappa shape index (κ1) is 22.2. The van der Waals surface area contributed by atoms with Gasteiger partial charge in [-0.15, -0.1) is 0 Å². The summed E-state index contributed by atoms with van der Waals surface area (Å²) in [6.45, 7) is 20.2. The molecule has 0 aromatic heterocycles. The summed E-state index contributed by atoms with van der Waals surface area (Å²) in [4.78, 5) is 0. The van der Waals surface area contributed by atoms with Gasteiger partial charge < -0.3 is 0 Å². The summed E-state index contributed by atoms with van der Waals surface area (Å²) in [5, 5.41) is 0. The van der Waals surface area contributed by atoms with E-state index in [0.29, 0.717) is 5.41 Å². The summed E-state index contributed by atoms with van der Waals surface area (Å²) in [5.41, 5.74) is 0.583. The van der Waals surface area contributed by atoms with Crippen LogP contribution in [0.5, 0.6) is 0 Å². The molecule has 0 spiro atoms. The molecule has 0 amide bonds. The lowest BCUT2D eigenvalue weighted by Crippen LogP contribution is -2.05. The van der Waals surface area contributed by atoms with E-state index in [9.17, 15) is 0 Å². The molecule has 0 saturated heterocycles. The van der Waals surface area contributed by atoms with Crippen LogP contribution in [-0.4, -0.2) is 0 Å². The zero-order chi connectivity index (χ0) is 14.3. The highest BCUT2D eigenvalue weighted by molar-refractivity contribution is 4.61. The molecule has 0 aliphatic rings. The van der Waals surface area contributed by atoms with Gasteiger partial charge in [0.1, 0.15) is 0 Å². The molecule has 0 fully saturated rings. The Morgan fingerprint density at radius 1 is 0.706 bits per heavy atom. The minimum atomic E-state index is 0.583. The Morgan fingerprint density at radius 3 is 1.00 bits per heavy atom. The Labute approximate surface area is 113 Å². The standard InChI is InChI=1S/C7H16.C6H14.C4H10/c1-5-7(3,4)6-2;1-4-6(3)5-2;1-3-4-2/h5-6H2,1-4H3;6H,4-5H2,1-3H3;3-4H2,1-2H3. The van der Waals surface area contributed by atoms with Gasteiger partial charge in [-0.05, 0) is 11.3 Å². The van der Waals surface area contributed by atoms with Crippen molar-refractivity contribution in [1.82, 2.24) is 0 Å². The SMILES string of the molecule is CCC(C)(C)CC.CCC(C)CC.CCCC. The molecule has 0 aromatic rings. The number of hydrogen-bond donors (Lipinski definition) is 0. The molecule has 17 heavy (non-hydrogen) atoms. The monoisotopic (exact) mass is 244 g/mol. The molecule has 0 atom stereocenters. The van der Waals surface area contributed by atoms with Gasteiger partial charge in [-0.2, -0.15) is 0 Å². The van der Waals surface area contributed by atoms with Crippen molar-refractivity contribution in [3.05, 3.63) is 0 Å². The van der Waals surface area contributed by atoms with Crippen molar-refractivity contribution in [2.75, 3.05) is 0 Å². The van der Waals surface area contributed by atoms with Gasteiger partial charge in [0.2, 0.25) is 0 Å². The number of unbranched alkanes of at least 4 members (excludes halogenated alkanes) is 1. The molecule has 0 aliphatic heterocycles. The third kappa shape index (κ3) is 25.9. The molecule has 0 radical (unpaired) electrons. The van der Waals surface area contributed by atoms with Gasteiger partial charge in [0.25, 0.3) is 0 Å². The summed E-state index contributed by atoms with van der Waals surface area (Å²) >= 11 is 0. The first-order chi connectivity index (χ1) is 7.84. The maximum absolute atomic E-state index is 2.30. The molecule has 108 valence electrons. The molecule has 0 heteroatoms. The maximum Gasteiger partial charge on any atom is -0.0359 e. The van der Waals surface area contributed by atoms with Gasteiger partial charge in [-0.1, -0.05) is 101 Å². The second-order valence-electron chi connectivity index (χ2n) is 5.79. The van der Waals surface area contributed by atoms with E-state index >= 15 is 0 Å². The topological polar surface area (TPSA) is 0 Å². The molecule has 0 unspecified atom stereocenters. The van der Waals surface area contributed by atoms with Crippen molar-refractivity contribution in [2.45, 2.75) is 101 Å². The first-order valence-corrected chi connectivity index (χ1v) is 7.84. The van der Waals surface area contributed by atoms with Gasteiger partial charge in [0.05, 0.1) is 0 Å². The molecule has 0 nitrogen and oxygen atoms in total. The lowest BCUT2D eigenvalue weighted by molar-refractivity contribution is 0.338. The van der Waals surface area contributed by atoms with Crippen LogP contribution >= 0.6 is 0 Å². The summed E-state index contributed by atoms with van der Waals surface area (Å²) in [7, 11) is 0. The highest BCUT2D eigenvalue weighted by Crippen LogP contribution is 2.22. The molecular weight excluding hydrogens is 204 g/mol. The molecule has 0 heterocycles. The van der Waals surface area contributed by atoms with E-state index in [2.05, 4.69) is 62.3 Å². The van der Waals surface area contributed by atoms with E-state index in [4.69, 9.17) is 0 Å². The molecule has 0 N–H and O–H groups in total. The highest BCUT2D eigenvalue weighted by Gasteiger charge is 2.09. The zero-order valence-electron chi connectivity index (χ0n) is 14.3. The first-order valence-electron chi connectivity index (χ1n) is 7.84. The third-order valence-corrected chi connectivity index (χ3v) is 3.81. The van der Waals surface area contributed by atoms with E-state index in [1.165, 1.54) is 38.5 Å². The molecular formula is C17H40. The van der Waals surface area contributed by atoms with Crippen molar-refractivity contribution >= 4 is 0 Å². The van der Waals surface area contributed by atoms with Crippen LogP contribution in [0.1, 0.15) is 101 Å². The van der Waals surface area contributed by atoms with E-state index in [0.717, 1.165) is 5.92 Å². The minimum absolute atomic E-state index is 0.583. The fourth-order valence-corrected chi connectivity index (χ4v) is 0.539. The van der Waals surface area contributed by atoms with Crippen LogP contribution in [0, 0.1) is 11.3 Å². The normalized spacial score (nSPS) is 10.2. The quantitative estimate of drug-likeness (QED) is 0.484. The van der Waals surface area contributed by atoms with Crippen molar-refractivity contribution in [3.63, 3.8) is 0 Å². The Bertz CT molecular complexity index is 101. The van der Waals surface area contributed by atoms with Crippen LogP contribution in [0.25, 0.3) is 0 Å². The fourth-order valence-electron chi connectivity index (χ4n) is 0.539. The van der Waals surface area contributed by atoms with Gasteiger partial charge in [0, 0.05) is 0 Å². The second kappa shape index (κ2) is 16.0. The fraction of sp³-hybridized carbons (Fsp3) is 1.00. The average Bonchev–Trinajstić information content (AvgIpc) is 2.38. The molecule has 0 saturated carbocycles. The van der Waals surface area contributed by atoms with E-state index in [1.807, 2.05) is 0 Å². The van der Waals surface area contributed by atoms with Gasteiger partial charge in [0.15, 0.2) is 0 Å². The number of hydrogen-bond acceptors (Lipinski definition) is 0. The lowest BCUT2D eigenvalue weighted by Gasteiger charge is -2.18. The highest BCUT2D eigenvalue weighted by atomic mass is 14.1. The minimum Gasteiger partial charge on any atom is -0.0654 e. The van der Waals surface area contributed by atoms with Crippen molar-refractivity contribution < 1.29 is 0 Å². The summed E-state index contributed by atoms with van der Waals surface area (Å²) in [6, 6.07) is 0. The van der Waals surface area contributed by atoms with Crippen LogP contribution in [0.15, 0.2) is 0 Å². The molecule has 0 aliphatic carbocycles. The van der Waals surface area contributed by atoms with Gasteiger partial charge in [-0.25, -0.2) is 0 Å². The predicted molar refractivity (Wildman–Crippen MR) is 84.7 cm³/mol. The Balaban J connectivity index is -0.000000180. The van der Waals surface area contributed by atoms with Crippen molar-refractivity contribution in [3.8, 4) is 0 Å². The van der Waals surface area contributed by atoms with Crippen molar-refractivity contribution in [1.29, 1.82) is 0 Å². The van der Waals surface area contributed by atoms with E-state index < -0.39 is 0 Å². The van der Waals surface area contributed by atoms with Crippen LogP contribution in [0.4, 0.5) is 0 Å². The predicted octanol–water partition coefficient (Wildman–Crippen LogP) is 7.08. The van der Waals surface area contributed by atoms with Gasteiger partial charge >= 0.3 is 0 Å². The van der Waals surface area contributed by atoms with E-state index in [1.54, 1.807) is 0 Å². The lowest BCUT2D eigenvalue weighted by atomic mass is 9.88. The molecule has 0 rings (SSSR count). The Kier molecular flexibility index (Phi) is 20.9. The molecule has 0 bridgehead atoms. The largest absolute Gasteiger partial charge is 0.0654 e. The third-order valence-electron chi connectivity index (χ3n) is 3.81. The smallest absolute Gasteiger partial charge is 0.0359 e. The van der Waals surface area contributed by atoms with Crippen LogP contribution in [0.2, 0.25) is 0 Å². The zero-order valence-corrected chi connectivity index (χ0v) is 14.3. The Morgan fingerprint density at radius 2 is 1.00 bits per heavy atom. The second-order valence-corrected chi connectivity index (χ2v) is 5.79. The maximum atomic E-state index is 2.30. The van der Waals surface area contributed by atoms with Crippen molar-refractivity contribution in [2.24, 2.45) is 11.3 Å². The van der Waals surface area contributed by atoms with E-state index in [-0.39, 0.29) is 0 Å². The van der Waals surface area contributed by atoms with Crippen LogP contribution < -0.4 is 0 Å². The Hall–Kier alpha value is 0. The van der Waals surface area contributed by atoms with Gasteiger partial charge in [-0.3, -0.25) is 0 Å².